The Hall–Kier alpha value is -2.35. The fourth-order valence-corrected chi connectivity index (χ4v) is 3.09. The minimum absolute atomic E-state index is 0.423. The van der Waals surface area contributed by atoms with Crippen molar-refractivity contribution >= 4 is 23.7 Å². The molecule has 1 aliphatic rings. The van der Waals surface area contributed by atoms with Gasteiger partial charge in [0.05, 0.1) is 5.25 Å². The lowest BCUT2D eigenvalue weighted by atomic mass is 10.3. The first kappa shape index (κ1) is 15.5. The molecule has 1 aromatic carbocycles. The van der Waals surface area contributed by atoms with E-state index in [9.17, 15) is 9.59 Å². The van der Waals surface area contributed by atoms with Gasteiger partial charge in [-0.2, -0.15) is 0 Å². The number of carbonyl (C=O) groups is 2. The highest BCUT2D eigenvalue weighted by Gasteiger charge is 2.31. The normalized spacial score (nSPS) is 15.2. The van der Waals surface area contributed by atoms with Gasteiger partial charge in [-0.3, -0.25) is 14.7 Å². The molecule has 0 bridgehead atoms. The van der Waals surface area contributed by atoms with Crippen LogP contribution < -0.4 is 11.1 Å². The molecule has 0 radical (unpaired) electrons. The second-order valence-corrected chi connectivity index (χ2v) is 6.71. The van der Waals surface area contributed by atoms with Gasteiger partial charge >= 0.3 is 6.03 Å². The van der Waals surface area contributed by atoms with Crippen LogP contribution in [0.3, 0.4) is 0 Å². The molecule has 1 heterocycles. The third-order valence-electron chi connectivity index (χ3n) is 3.51. The largest absolute Gasteiger partial charge is 0.351 e. The lowest BCUT2D eigenvalue weighted by Gasteiger charge is -2.12. The summed E-state index contributed by atoms with van der Waals surface area (Å²) in [6.07, 6.45) is 2.21. The number of carbonyl (C=O) groups excluding carboxylic acids is 2. The SMILES string of the molecule is CC(Sc1nnc(C2CC2)n1-c1ccccc1)C(=O)NC(N)=O. The van der Waals surface area contributed by atoms with Crippen LogP contribution in [0.4, 0.5) is 4.79 Å². The van der Waals surface area contributed by atoms with E-state index in [1.54, 1.807) is 6.92 Å². The third-order valence-corrected chi connectivity index (χ3v) is 4.56. The van der Waals surface area contributed by atoms with Crippen LogP contribution in [-0.4, -0.2) is 32.0 Å². The Kier molecular flexibility index (Phi) is 4.33. The number of nitrogens with two attached hydrogens (primary N) is 1. The number of imide groups is 1. The van der Waals surface area contributed by atoms with Crippen molar-refractivity contribution in [1.82, 2.24) is 20.1 Å². The van der Waals surface area contributed by atoms with E-state index >= 15 is 0 Å². The van der Waals surface area contributed by atoms with Crippen LogP contribution in [-0.2, 0) is 4.79 Å². The minimum atomic E-state index is -0.856. The van der Waals surface area contributed by atoms with Crippen molar-refractivity contribution < 1.29 is 9.59 Å². The van der Waals surface area contributed by atoms with Crippen LogP contribution in [0, 0.1) is 0 Å². The van der Waals surface area contributed by atoms with E-state index in [1.165, 1.54) is 11.8 Å². The summed E-state index contributed by atoms with van der Waals surface area (Å²) >= 11 is 1.25. The summed E-state index contributed by atoms with van der Waals surface area (Å²) in [5, 5.41) is 10.7. The second-order valence-electron chi connectivity index (χ2n) is 5.40. The topological polar surface area (TPSA) is 103 Å². The van der Waals surface area contributed by atoms with Gasteiger partial charge in [0.2, 0.25) is 5.91 Å². The predicted octanol–water partition coefficient (Wildman–Crippen LogP) is 1.82. The zero-order valence-electron chi connectivity index (χ0n) is 12.6. The Morgan fingerprint density at radius 3 is 2.61 bits per heavy atom. The van der Waals surface area contributed by atoms with Crippen LogP contribution in [0.5, 0.6) is 0 Å². The van der Waals surface area contributed by atoms with E-state index in [1.807, 2.05) is 34.9 Å². The Balaban J connectivity index is 1.88. The molecule has 23 heavy (non-hydrogen) atoms. The number of hydrogen-bond acceptors (Lipinski definition) is 5. The molecule has 3 rings (SSSR count). The predicted molar refractivity (Wildman–Crippen MR) is 86.4 cm³/mol. The summed E-state index contributed by atoms with van der Waals surface area (Å²) in [6.45, 7) is 1.70. The first-order valence-corrected chi connectivity index (χ1v) is 8.22. The molecule has 1 saturated carbocycles. The molecule has 1 atom stereocenters. The van der Waals surface area contributed by atoms with Gasteiger partial charge in [-0.15, -0.1) is 10.2 Å². The van der Waals surface area contributed by atoms with E-state index in [2.05, 4.69) is 15.5 Å². The van der Waals surface area contributed by atoms with Crippen LogP contribution >= 0.6 is 11.8 Å². The molecule has 1 aliphatic carbocycles. The smallest absolute Gasteiger partial charge is 0.318 e. The number of amides is 3. The van der Waals surface area contributed by atoms with E-state index in [0.29, 0.717) is 11.1 Å². The molecule has 2 aromatic rings. The van der Waals surface area contributed by atoms with Gasteiger partial charge in [0.25, 0.3) is 0 Å². The van der Waals surface area contributed by atoms with E-state index in [0.717, 1.165) is 24.4 Å². The zero-order chi connectivity index (χ0) is 16.4. The molecule has 8 heteroatoms. The molecule has 1 fully saturated rings. The van der Waals surface area contributed by atoms with Gasteiger partial charge < -0.3 is 5.73 Å². The molecule has 0 aliphatic heterocycles. The first-order chi connectivity index (χ1) is 11.1. The monoisotopic (exact) mass is 331 g/mol. The average Bonchev–Trinajstić information content (AvgIpc) is 3.28. The van der Waals surface area contributed by atoms with Crippen LogP contribution in [0.25, 0.3) is 5.69 Å². The summed E-state index contributed by atoms with van der Waals surface area (Å²) in [6, 6.07) is 8.94. The molecule has 1 unspecified atom stereocenters. The molecule has 3 N–H and O–H groups in total. The van der Waals surface area contributed by atoms with Crippen LogP contribution in [0.1, 0.15) is 31.5 Å². The van der Waals surface area contributed by atoms with E-state index < -0.39 is 17.2 Å². The second kappa shape index (κ2) is 6.41. The summed E-state index contributed by atoms with van der Waals surface area (Å²) in [4.78, 5) is 22.7. The maximum absolute atomic E-state index is 11.9. The number of benzene rings is 1. The lowest BCUT2D eigenvalue weighted by molar-refractivity contribution is -0.119. The fourth-order valence-electron chi connectivity index (χ4n) is 2.22. The van der Waals surface area contributed by atoms with E-state index in [-0.39, 0.29) is 0 Å². The number of primary amides is 1. The number of urea groups is 1. The van der Waals surface area contributed by atoms with Crippen molar-refractivity contribution in [3.05, 3.63) is 36.2 Å². The quantitative estimate of drug-likeness (QED) is 0.814. The van der Waals surface area contributed by atoms with Crippen molar-refractivity contribution in [3.63, 3.8) is 0 Å². The first-order valence-electron chi connectivity index (χ1n) is 7.34. The molecular weight excluding hydrogens is 314 g/mol. The van der Waals surface area contributed by atoms with E-state index in [4.69, 9.17) is 5.73 Å². The van der Waals surface area contributed by atoms with Crippen molar-refractivity contribution in [2.24, 2.45) is 5.73 Å². The lowest BCUT2D eigenvalue weighted by Crippen LogP contribution is -2.39. The molecular formula is C15H17N5O2S. The summed E-state index contributed by atoms with van der Waals surface area (Å²) in [5.74, 6) is 0.895. The Bertz CT molecular complexity index is 727. The maximum atomic E-state index is 11.9. The standard InChI is InChI=1S/C15H17N5O2S/c1-9(13(21)17-14(16)22)23-15-19-18-12(10-7-8-10)20(15)11-5-3-2-4-6-11/h2-6,9-10H,7-8H2,1H3,(H3,16,17,21,22). The Morgan fingerprint density at radius 2 is 2.00 bits per heavy atom. The number of aromatic nitrogens is 3. The van der Waals surface area contributed by atoms with Gasteiger partial charge in [0.15, 0.2) is 5.16 Å². The van der Waals surface area contributed by atoms with Gasteiger partial charge in [-0.05, 0) is 31.9 Å². The van der Waals surface area contributed by atoms with Crippen molar-refractivity contribution in [1.29, 1.82) is 0 Å². The van der Waals surface area contributed by atoms with Crippen LogP contribution in [0.15, 0.2) is 35.5 Å². The minimum Gasteiger partial charge on any atom is -0.351 e. The number of hydrogen-bond donors (Lipinski definition) is 2. The van der Waals surface area contributed by atoms with Gasteiger partial charge in [0, 0.05) is 11.6 Å². The molecule has 120 valence electrons. The Morgan fingerprint density at radius 1 is 1.30 bits per heavy atom. The van der Waals surface area contributed by atoms with Gasteiger partial charge in [-0.25, -0.2) is 4.79 Å². The Labute approximate surface area is 137 Å². The molecule has 3 amide bonds. The maximum Gasteiger partial charge on any atom is 0.318 e. The fraction of sp³-hybridized carbons (Fsp3) is 0.333. The number of nitrogens with one attached hydrogen (secondary N) is 1. The molecule has 0 spiro atoms. The summed E-state index contributed by atoms with van der Waals surface area (Å²) in [7, 11) is 0. The van der Waals surface area contributed by atoms with Gasteiger partial charge in [0.1, 0.15) is 5.82 Å². The van der Waals surface area contributed by atoms with Gasteiger partial charge in [-0.1, -0.05) is 30.0 Å². The highest BCUT2D eigenvalue weighted by Crippen LogP contribution is 2.41. The zero-order valence-corrected chi connectivity index (χ0v) is 13.4. The number of para-hydroxylation sites is 1. The average molecular weight is 331 g/mol. The number of rotatable bonds is 5. The third kappa shape index (κ3) is 3.53. The summed E-state index contributed by atoms with van der Waals surface area (Å²) in [5.41, 5.74) is 5.95. The van der Waals surface area contributed by atoms with Crippen LogP contribution in [0.2, 0.25) is 0 Å². The number of nitrogens with zero attached hydrogens (tertiary/aromatic N) is 3. The van der Waals surface area contributed by atoms with Crippen molar-refractivity contribution in [2.75, 3.05) is 0 Å². The highest BCUT2D eigenvalue weighted by atomic mass is 32.2. The number of thioether (sulfide) groups is 1. The van der Waals surface area contributed by atoms with Crippen molar-refractivity contribution in [2.45, 2.75) is 36.1 Å². The molecule has 0 saturated heterocycles. The molecule has 7 nitrogen and oxygen atoms in total. The molecule has 1 aromatic heterocycles. The summed E-state index contributed by atoms with van der Waals surface area (Å²) < 4.78 is 1.98. The van der Waals surface area contributed by atoms with Crippen molar-refractivity contribution in [3.8, 4) is 5.69 Å². The highest BCUT2D eigenvalue weighted by molar-refractivity contribution is 8.00.